The van der Waals surface area contributed by atoms with Crippen LogP contribution in [0.25, 0.3) is 0 Å². The molecule has 0 unspecified atom stereocenters. The van der Waals surface area contributed by atoms with Gasteiger partial charge in [0, 0.05) is 12.5 Å². The molecule has 1 aliphatic rings. The average Bonchev–Trinajstić information content (AvgIpc) is 1.60. The Kier molecular flexibility index (Phi) is 3.68. The van der Waals surface area contributed by atoms with Gasteiger partial charge in [-0.15, -0.1) is 12.4 Å². The van der Waals surface area contributed by atoms with Crippen LogP contribution in [0.3, 0.4) is 0 Å². The van der Waals surface area contributed by atoms with Gasteiger partial charge in [-0.1, -0.05) is 0 Å². The maximum absolute atomic E-state index is 10.1. The van der Waals surface area contributed by atoms with E-state index < -0.39 is 5.97 Å². The molecule has 0 spiro atoms. The van der Waals surface area contributed by atoms with Crippen LogP contribution in [0, 0.1) is 5.92 Å². The van der Waals surface area contributed by atoms with Crippen molar-refractivity contribution in [1.82, 2.24) is 0 Å². The van der Waals surface area contributed by atoms with Crippen LogP contribution in [0.5, 0.6) is 0 Å². The van der Waals surface area contributed by atoms with E-state index >= 15 is 0 Å². The standard InChI is InChI=1S/C6H11NO2.ClH/c7-5-1-4(2-5)3-6(8)9;/h4-5H,1-3,7H2,(H,8,9);1H. The molecule has 0 aromatic rings. The Labute approximate surface area is 66.0 Å². The van der Waals surface area contributed by atoms with Gasteiger partial charge >= 0.3 is 5.97 Å². The normalized spacial score (nSPS) is 30.1. The summed E-state index contributed by atoms with van der Waals surface area (Å²) in [4.78, 5) is 10.1. The van der Waals surface area contributed by atoms with E-state index in [4.69, 9.17) is 10.8 Å². The molecule has 0 aromatic heterocycles. The number of hydrogen-bond donors (Lipinski definition) is 2. The molecule has 4 heteroatoms. The third-order valence-corrected chi connectivity index (χ3v) is 1.74. The summed E-state index contributed by atoms with van der Waals surface area (Å²) in [5.74, 6) is -0.343. The van der Waals surface area contributed by atoms with Crippen molar-refractivity contribution >= 4 is 18.4 Å². The molecule has 0 aliphatic heterocycles. The fourth-order valence-corrected chi connectivity index (χ4v) is 1.20. The van der Waals surface area contributed by atoms with Gasteiger partial charge in [0.25, 0.3) is 0 Å². The van der Waals surface area contributed by atoms with E-state index in [1.807, 2.05) is 0 Å². The first-order valence-electron chi connectivity index (χ1n) is 3.16. The maximum Gasteiger partial charge on any atom is 0.303 e. The molecule has 0 radical (unpaired) electrons. The van der Waals surface area contributed by atoms with Crippen LogP contribution >= 0.6 is 12.4 Å². The topological polar surface area (TPSA) is 63.3 Å². The van der Waals surface area contributed by atoms with Gasteiger partial charge in [0.15, 0.2) is 0 Å². The maximum atomic E-state index is 10.1. The first kappa shape index (κ1) is 9.72. The van der Waals surface area contributed by atoms with Crippen molar-refractivity contribution in [3.05, 3.63) is 0 Å². The Morgan fingerprint density at radius 2 is 2.10 bits per heavy atom. The molecule has 0 atom stereocenters. The second-order valence-corrected chi connectivity index (χ2v) is 2.70. The largest absolute Gasteiger partial charge is 0.481 e. The Balaban J connectivity index is 0.000000810. The predicted octanol–water partition coefficient (Wildman–Crippen LogP) is 0.620. The number of rotatable bonds is 2. The van der Waals surface area contributed by atoms with Crippen molar-refractivity contribution in [2.75, 3.05) is 0 Å². The molecule has 1 fully saturated rings. The van der Waals surface area contributed by atoms with E-state index in [1.54, 1.807) is 0 Å². The van der Waals surface area contributed by atoms with E-state index in [1.165, 1.54) is 0 Å². The van der Waals surface area contributed by atoms with Gasteiger partial charge in [0.1, 0.15) is 0 Å². The van der Waals surface area contributed by atoms with Crippen molar-refractivity contribution < 1.29 is 9.90 Å². The lowest BCUT2D eigenvalue weighted by atomic mass is 9.79. The minimum Gasteiger partial charge on any atom is -0.481 e. The highest BCUT2D eigenvalue weighted by Crippen LogP contribution is 2.28. The summed E-state index contributed by atoms with van der Waals surface area (Å²) in [6.45, 7) is 0. The Bertz CT molecular complexity index is 123. The Hall–Kier alpha value is -0.280. The highest BCUT2D eigenvalue weighted by molar-refractivity contribution is 5.85. The molecule has 60 valence electrons. The molecule has 1 saturated carbocycles. The third-order valence-electron chi connectivity index (χ3n) is 1.74. The highest BCUT2D eigenvalue weighted by Gasteiger charge is 2.27. The number of carboxylic acid groups (broad SMARTS) is 1. The summed E-state index contributed by atoms with van der Waals surface area (Å²) in [5.41, 5.74) is 5.45. The average molecular weight is 166 g/mol. The zero-order chi connectivity index (χ0) is 6.85. The molecule has 1 rings (SSSR count). The number of carboxylic acids is 1. The molecule has 3 N–H and O–H groups in total. The Morgan fingerprint density at radius 3 is 2.40 bits per heavy atom. The van der Waals surface area contributed by atoms with E-state index in [9.17, 15) is 4.79 Å². The van der Waals surface area contributed by atoms with Crippen LogP contribution in [0.1, 0.15) is 19.3 Å². The molecule has 0 aromatic carbocycles. The van der Waals surface area contributed by atoms with Crippen molar-refractivity contribution in [3.8, 4) is 0 Å². The number of hydrogen-bond acceptors (Lipinski definition) is 2. The Morgan fingerprint density at radius 1 is 1.60 bits per heavy atom. The van der Waals surface area contributed by atoms with Gasteiger partial charge in [-0.2, -0.15) is 0 Å². The lowest BCUT2D eigenvalue weighted by Crippen LogP contribution is -2.37. The van der Waals surface area contributed by atoms with Crippen LogP contribution in [-0.2, 0) is 4.79 Å². The molecule has 10 heavy (non-hydrogen) atoms. The number of aliphatic carboxylic acids is 1. The fourth-order valence-electron chi connectivity index (χ4n) is 1.20. The van der Waals surface area contributed by atoms with E-state index in [0.29, 0.717) is 12.3 Å². The molecule has 0 bridgehead atoms. The molecule has 1 aliphatic carbocycles. The zero-order valence-electron chi connectivity index (χ0n) is 5.62. The lowest BCUT2D eigenvalue weighted by Gasteiger charge is -2.30. The first-order chi connectivity index (χ1) is 4.18. The molecule has 0 saturated heterocycles. The van der Waals surface area contributed by atoms with Crippen molar-refractivity contribution in [3.63, 3.8) is 0 Å². The summed E-state index contributed by atoms with van der Waals surface area (Å²) in [6.07, 6.45) is 2.09. The smallest absolute Gasteiger partial charge is 0.303 e. The lowest BCUT2D eigenvalue weighted by molar-refractivity contribution is -0.138. The van der Waals surface area contributed by atoms with Gasteiger partial charge in [-0.25, -0.2) is 0 Å². The fraction of sp³-hybridized carbons (Fsp3) is 0.833. The van der Waals surface area contributed by atoms with Gasteiger partial charge < -0.3 is 10.8 Å². The van der Waals surface area contributed by atoms with Crippen molar-refractivity contribution in [2.24, 2.45) is 11.7 Å². The van der Waals surface area contributed by atoms with Crippen LogP contribution in [0.15, 0.2) is 0 Å². The van der Waals surface area contributed by atoms with Gasteiger partial charge in [0.2, 0.25) is 0 Å². The molecular formula is C6H12ClNO2. The molecular weight excluding hydrogens is 154 g/mol. The summed E-state index contributed by atoms with van der Waals surface area (Å²) in [6, 6.07) is 0.273. The van der Waals surface area contributed by atoms with Gasteiger partial charge in [-0.05, 0) is 18.8 Å². The SMILES string of the molecule is Cl.NC1CC(CC(=O)O)C1. The van der Waals surface area contributed by atoms with E-state index in [-0.39, 0.29) is 18.4 Å². The number of nitrogens with two attached hydrogens (primary N) is 1. The first-order valence-corrected chi connectivity index (χ1v) is 3.16. The van der Waals surface area contributed by atoms with Gasteiger partial charge in [0.05, 0.1) is 0 Å². The van der Waals surface area contributed by atoms with Crippen molar-refractivity contribution in [2.45, 2.75) is 25.3 Å². The molecule has 3 nitrogen and oxygen atoms in total. The van der Waals surface area contributed by atoms with Crippen LogP contribution < -0.4 is 5.73 Å². The monoisotopic (exact) mass is 165 g/mol. The number of halogens is 1. The quantitative estimate of drug-likeness (QED) is 0.631. The molecule has 0 heterocycles. The summed E-state index contributed by atoms with van der Waals surface area (Å²) in [7, 11) is 0. The van der Waals surface area contributed by atoms with E-state index in [0.717, 1.165) is 12.8 Å². The highest BCUT2D eigenvalue weighted by atomic mass is 35.5. The predicted molar refractivity (Wildman–Crippen MR) is 40.2 cm³/mol. The van der Waals surface area contributed by atoms with E-state index in [2.05, 4.69) is 0 Å². The number of carbonyl (C=O) groups is 1. The van der Waals surface area contributed by atoms with Crippen LogP contribution in [0.4, 0.5) is 0 Å². The minimum absolute atomic E-state index is 0. The van der Waals surface area contributed by atoms with Crippen molar-refractivity contribution in [1.29, 1.82) is 0 Å². The zero-order valence-corrected chi connectivity index (χ0v) is 6.43. The van der Waals surface area contributed by atoms with Crippen LogP contribution in [-0.4, -0.2) is 17.1 Å². The second-order valence-electron chi connectivity index (χ2n) is 2.70. The van der Waals surface area contributed by atoms with Crippen LogP contribution in [0.2, 0.25) is 0 Å². The molecule has 0 amide bonds. The summed E-state index contributed by atoms with van der Waals surface area (Å²) in [5, 5.41) is 8.29. The summed E-state index contributed by atoms with van der Waals surface area (Å²) >= 11 is 0. The summed E-state index contributed by atoms with van der Waals surface area (Å²) < 4.78 is 0. The second kappa shape index (κ2) is 3.78. The minimum atomic E-state index is -0.702. The van der Waals surface area contributed by atoms with Gasteiger partial charge in [-0.3, -0.25) is 4.79 Å². The third kappa shape index (κ3) is 2.54.